The highest BCUT2D eigenvalue weighted by molar-refractivity contribution is 7.91. The van der Waals surface area contributed by atoms with Gasteiger partial charge in [0.25, 0.3) is 5.56 Å². The van der Waals surface area contributed by atoms with Crippen molar-refractivity contribution in [2.24, 2.45) is 0 Å². The average Bonchev–Trinajstić information content (AvgIpc) is 3.51. The van der Waals surface area contributed by atoms with Crippen LogP contribution in [0.1, 0.15) is 5.56 Å². The van der Waals surface area contributed by atoms with Crippen LogP contribution in [0.25, 0.3) is 33.7 Å². The van der Waals surface area contributed by atoms with Crippen LogP contribution in [0.2, 0.25) is 0 Å². The summed E-state index contributed by atoms with van der Waals surface area (Å²) in [4.78, 5) is 32.8. The molecule has 3 heterocycles. The van der Waals surface area contributed by atoms with Gasteiger partial charge in [-0.25, -0.2) is 18.4 Å². The van der Waals surface area contributed by atoms with Gasteiger partial charge in [-0.2, -0.15) is 0 Å². The van der Waals surface area contributed by atoms with E-state index in [4.69, 9.17) is 9.20 Å². The maximum Gasteiger partial charge on any atom is 0.253 e. The molecule has 188 valence electrons. The Balaban J connectivity index is 1.32. The summed E-state index contributed by atoms with van der Waals surface area (Å²) in [5.41, 5.74) is 2.43. The van der Waals surface area contributed by atoms with Gasteiger partial charge >= 0.3 is 0 Å². The monoisotopic (exact) mass is 519 g/mol. The number of rotatable bonds is 7. The molecule has 3 aromatic heterocycles. The van der Waals surface area contributed by atoms with E-state index in [1.807, 2.05) is 0 Å². The van der Waals surface area contributed by atoms with Crippen LogP contribution in [0.3, 0.4) is 0 Å². The number of halogens is 1. The quantitative estimate of drug-likeness (QED) is 0.297. The second kappa shape index (κ2) is 9.51. The van der Waals surface area contributed by atoms with E-state index in [2.05, 4.69) is 15.3 Å². The number of amides is 1. The van der Waals surface area contributed by atoms with Crippen molar-refractivity contribution >= 4 is 26.5 Å². The average molecular weight is 520 g/mol. The Kier molecular flexibility index (Phi) is 6.22. The number of carbonyl (C=O) groups is 1. The Morgan fingerprint density at radius 2 is 1.95 bits per heavy atom. The second-order valence-corrected chi connectivity index (χ2v) is 10.7. The number of H-pyrrole nitrogens is 1. The minimum atomic E-state index is -2.82. The van der Waals surface area contributed by atoms with Crippen molar-refractivity contribution in [2.45, 2.75) is 18.0 Å². The van der Waals surface area contributed by atoms with Gasteiger partial charge in [-0.1, -0.05) is 12.1 Å². The molecule has 0 fully saturated rings. The van der Waals surface area contributed by atoms with Crippen LogP contribution in [0.4, 0.5) is 4.39 Å². The number of hydrogen-bond acceptors (Lipinski definition) is 6. The van der Waals surface area contributed by atoms with E-state index in [-0.39, 0.29) is 24.6 Å². The topological polar surface area (TPSA) is 134 Å². The second-order valence-electron chi connectivity index (χ2n) is 8.53. The zero-order chi connectivity index (χ0) is 26.2. The number of oxazole rings is 1. The number of nitrogens with zero attached hydrogens (tertiary/aromatic N) is 2. The highest BCUT2D eigenvalue weighted by Crippen LogP contribution is 2.28. The number of nitrogens with one attached hydrogen (secondary N) is 3. The molecule has 0 aliphatic carbocycles. The summed E-state index contributed by atoms with van der Waals surface area (Å²) in [7, 11) is -2.82. The predicted octanol–water partition coefficient (Wildman–Crippen LogP) is 4.14. The molecule has 2 aromatic carbocycles. The molecular weight excluding hydrogens is 497 g/mol. The standard InChI is InChI=1S/C26H22FN5O4S/c1-37(28,35)20-6-2-16(3-7-20)21-8-4-17(25(34)31-21)14-30-24(33)15-32-22-9-5-19(27)12-18(22)13-23(32)26-29-10-11-36-26/h2-13,28H,14-15H2,1H3,(H,30,33)(H,31,34). The molecule has 9 nitrogen and oxygen atoms in total. The molecule has 0 aliphatic heterocycles. The predicted molar refractivity (Wildman–Crippen MR) is 137 cm³/mol. The van der Waals surface area contributed by atoms with E-state index in [1.54, 1.807) is 53.1 Å². The van der Waals surface area contributed by atoms with Crippen LogP contribution in [0, 0.1) is 10.6 Å². The first kappa shape index (κ1) is 24.2. The molecule has 1 atom stereocenters. The summed E-state index contributed by atoms with van der Waals surface area (Å²) < 4.78 is 40.3. The third kappa shape index (κ3) is 5.07. The third-order valence-electron chi connectivity index (χ3n) is 5.90. The molecule has 11 heteroatoms. The summed E-state index contributed by atoms with van der Waals surface area (Å²) >= 11 is 0. The number of benzene rings is 2. The van der Waals surface area contributed by atoms with Crippen LogP contribution in [-0.4, -0.2) is 30.9 Å². The van der Waals surface area contributed by atoms with Crippen molar-refractivity contribution in [1.29, 1.82) is 4.78 Å². The molecule has 0 saturated heterocycles. The van der Waals surface area contributed by atoms with Crippen LogP contribution in [0.5, 0.6) is 0 Å². The van der Waals surface area contributed by atoms with E-state index >= 15 is 0 Å². The van der Waals surface area contributed by atoms with Gasteiger partial charge in [0, 0.05) is 39.9 Å². The Bertz CT molecular complexity index is 1770. The van der Waals surface area contributed by atoms with E-state index < -0.39 is 15.5 Å². The normalized spacial score (nSPS) is 12.9. The fourth-order valence-corrected chi connectivity index (χ4v) is 4.69. The summed E-state index contributed by atoms with van der Waals surface area (Å²) in [5.74, 6) is -0.450. The minimum Gasteiger partial charge on any atom is -0.443 e. The highest BCUT2D eigenvalue weighted by atomic mass is 32.2. The van der Waals surface area contributed by atoms with Crippen molar-refractivity contribution in [3.8, 4) is 22.8 Å². The molecule has 0 bridgehead atoms. The Morgan fingerprint density at radius 3 is 2.62 bits per heavy atom. The van der Waals surface area contributed by atoms with Gasteiger partial charge in [-0.3, -0.25) is 9.59 Å². The van der Waals surface area contributed by atoms with Crippen LogP contribution < -0.4 is 10.9 Å². The first-order chi connectivity index (χ1) is 17.7. The maximum atomic E-state index is 13.8. The van der Waals surface area contributed by atoms with Crippen molar-refractivity contribution in [2.75, 3.05) is 6.26 Å². The van der Waals surface area contributed by atoms with E-state index in [9.17, 15) is 18.2 Å². The highest BCUT2D eigenvalue weighted by Gasteiger charge is 2.17. The molecule has 0 saturated carbocycles. The van der Waals surface area contributed by atoms with E-state index in [0.717, 1.165) is 0 Å². The maximum absolute atomic E-state index is 13.8. The smallest absolute Gasteiger partial charge is 0.253 e. The molecule has 0 spiro atoms. The van der Waals surface area contributed by atoms with Gasteiger partial charge in [0.05, 0.1) is 15.9 Å². The van der Waals surface area contributed by atoms with E-state index in [1.165, 1.54) is 30.8 Å². The SMILES string of the molecule is CS(=N)(=O)c1ccc(-c2ccc(CNC(=O)Cn3c(-c4ncco4)cc4cc(F)ccc43)c(=O)[nH]2)cc1. The molecule has 37 heavy (non-hydrogen) atoms. The molecule has 1 unspecified atom stereocenters. The van der Waals surface area contributed by atoms with Crippen LogP contribution in [0.15, 0.2) is 87.2 Å². The molecule has 0 radical (unpaired) electrons. The molecule has 0 aliphatic rings. The largest absolute Gasteiger partial charge is 0.443 e. The molecule has 1 amide bonds. The lowest BCUT2D eigenvalue weighted by atomic mass is 10.1. The van der Waals surface area contributed by atoms with Crippen molar-refractivity contribution < 1.29 is 17.8 Å². The number of aromatic amines is 1. The number of fused-ring (bicyclic) bond motifs is 1. The Morgan fingerprint density at radius 1 is 1.16 bits per heavy atom. The first-order valence-corrected chi connectivity index (χ1v) is 13.2. The number of pyridine rings is 1. The minimum absolute atomic E-state index is 0.00624. The zero-order valence-electron chi connectivity index (χ0n) is 19.7. The Labute approximate surface area is 211 Å². The van der Waals surface area contributed by atoms with Crippen LogP contribution >= 0.6 is 0 Å². The Hall–Kier alpha value is -4.51. The number of aromatic nitrogens is 3. The van der Waals surface area contributed by atoms with Gasteiger partial charge in [0.15, 0.2) is 0 Å². The van der Waals surface area contributed by atoms with E-state index in [0.29, 0.717) is 44.2 Å². The lowest BCUT2D eigenvalue weighted by Crippen LogP contribution is -2.30. The van der Waals surface area contributed by atoms with Gasteiger partial charge < -0.3 is 19.3 Å². The fraction of sp³-hybridized carbons (Fsp3) is 0.115. The molecule has 5 rings (SSSR count). The third-order valence-corrected chi connectivity index (χ3v) is 7.07. The summed E-state index contributed by atoms with van der Waals surface area (Å²) in [6.45, 7) is -0.0852. The lowest BCUT2D eigenvalue weighted by molar-refractivity contribution is -0.121. The zero-order valence-corrected chi connectivity index (χ0v) is 20.5. The van der Waals surface area contributed by atoms with Gasteiger partial charge in [-0.15, -0.1) is 0 Å². The van der Waals surface area contributed by atoms with Gasteiger partial charge in [0.1, 0.15) is 24.3 Å². The molecular formula is C26H22FN5O4S. The van der Waals surface area contributed by atoms with Crippen molar-refractivity contribution in [3.05, 3.63) is 94.9 Å². The van der Waals surface area contributed by atoms with Crippen molar-refractivity contribution in [3.63, 3.8) is 0 Å². The number of hydrogen-bond donors (Lipinski definition) is 3. The van der Waals surface area contributed by atoms with Crippen molar-refractivity contribution in [1.82, 2.24) is 19.9 Å². The lowest BCUT2D eigenvalue weighted by Gasteiger charge is -2.10. The summed E-state index contributed by atoms with van der Waals surface area (Å²) in [6.07, 6.45) is 4.25. The number of carbonyl (C=O) groups excluding carboxylic acids is 1. The molecule has 5 aromatic rings. The van der Waals surface area contributed by atoms with Crippen LogP contribution in [-0.2, 0) is 27.6 Å². The summed E-state index contributed by atoms with van der Waals surface area (Å²) in [5, 5.41) is 3.35. The van der Waals surface area contributed by atoms with Gasteiger partial charge in [0.2, 0.25) is 11.8 Å². The fourth-order valence-electron chi connectivity index (χ4n) is 4.04. The summed E-state index contributed by atoms with van der Waals surface area (Å²) in [6, 6.07) is 15.9. The first-order valence-electron chi connectivity index (χ1n) is 11.2. The van der Waals surface area contributed by atoms with Gasteiger partial charge in [-0.05, 0) is 54.1 Å². The molecule has 3 N–H and O–H groups in total.